The summed E-state index contributed by atoms with van der Waals surface area (Å²) < 4.78 is 31.1. The summed E-state index contributed by atoms with van der Waals surface area (Å²) >= 11 is 1.43. The molecule has 0 saturated heterocycles. The van der Waals surface area contributed by atoms with Crippen molar-refractivity contribution in [2.45, 2.75) is 18.0 Å². The van der Waals surface area contributed by atoms with Gasteiger partial charge in [0, 0.05) is 23.8 Å². The molecule has 7 heteroatoms. The van der Waals surface area contributed by atoms with Crippen LogP contribution in [-0.4, -0.2) is 26.8 Å². The Bertz CT molecular complexity index is 617. The highest BCUT2D eigenvalue weighted by molar-refractivity contribution is 7.89. The van der Waals surface area contributed by atoms with Crippen molar-refractivity contribution in [2.24, 2.45) is 0 Å². The van der Waals surface area contributed by atoms with E-state index in [4.69, 9.17) is 4.42 Å². The van der Waals surface area contributed by atoms with Crippen LogP contribution in [0.25, 0.3) is 0 Å². The first kappa shape index (κ1) is 14.3. The maximum atomic E-state index is 12.3. The Hall–Kier alpha value is -1.15. The van der Waals surface area contributed by atoms with Crippen molar-refractivity contribution in [1.29, 1.82) is 0 Å². The monoisotopic (exact) mass is 300 g/mol. The fourth-order valence-electron chi connectivity index (χ4n) is 1.65. The molecule has 19 heavy (non-hydrogen) atoms. The van der Waals surface area contributed by atoms with Gasteiger partial charge in [0.2, 0.25) is 10.0 Å². The van der Waals surface area contributed by atoms with E-state index in [0.29, 0.717) is 17.2 Å². The lowest BCUT2D eigenvalue weighted by molar-refractivity contribution is 0.406. The predicted molar refractivity (Wildman–Crippen MR) is 74.4 cm³/mol. The van der Waals surface area contributed by atoms with Crippen molar-refractivity contribution < 1.29 is 12.8 Å². The Morgan fingerprint density at radius 2 is 2.26 bits per heavy atom. The lowest BCUT2D eigenvalue weighted by Gasteiger charge is -2.14. The highest BCUT2D eigenvalue weighted by atomic mass is 32.2. The standard InChI is InChI=1S/C12H16N2O3S2/c1-13-7-11-6-12(9-18-11)19(15,16)14(2)8-10-4-3-5-17-10/h3-6,9,13H,7-8H2,1-2H3. The van der Waals surface area contributed by atoms with Crippen molar-refractivity contribution in [3.8, 4) is 0 Å². The van der Waals surface area contributed by atoms with Crippen LogP contribution in [0, 0.1) is 0 Å². The molecule has 0 aliphatic rings. The molecule has 0 amide bonds. The first-order chi connectivity index (χ1) is 9.04. The summed E-state index contributed by atoms with van der Waals surface area (Å²) in [6, 6.07) is 5.20. The first-order valence-corrected chi connectivity index (χ1v) is 8.06. The summed E-state index contributed by atoms with van der Waals surface area (Å²) in [5.41, 5.74) is 0. The summed E-state index contributed by atoms with van der Waals surface area (Å²) in [5.74, 6) is 0.622. The molecule has 0 unspecified atom stereocenters. The smallest absolute Gasteiger partial charge is 0.244 e. The van der Waals surface area contributed by atoms with Gasteiger partial charge in [-0.1, -0.05) is 0 Å². The molecule has 0 aromatic carbocycles. The van der Waals surface area contributed by atoms with E-state index < -0.39 is 10.0 Å². The van der Waals surface area contributed by atoms with E-state index in [1.54, 1.807) is 30.6 Å². The number of hydrogen-bond acceptors (Lipinski definition) is 5. The minimum absolute atomic E-state index is 0.229. The van der Waals surface area contributed by atoms with Crippen LogP contribution < -0.4 is 5.32 Å². The maximum absolute atomic E-state index is 12.3. The van der Waals surface area contributed by atoms with Crippen molar-refractivity contribution >= 4 is 21.4 Å². The zero-order chi connectivity index (χ0) is 13.9. The van der Waals surface area contributed by atoms with Gasteiger partial charge in [0.25, 0.3) is 0 Å². The summed E-state index contributed by atoms with van der Waals surface area (Å²) in [4.78, 5) is 1.32. The van der Waals surface area contributed by atoms with E-state index in [0.717, 1.165) is 4.88 Å². The second-order valence-corrected chi connectivity index (χ2v) is 7.16. The van der Waals surface area contributed by atoms with Crippen LogP contribution in [0.4, 0.5) is 0 Å². The molecule has 0 bridgehead atoms. The number of nitrogens with one attached hydrogen (secondary N) is 1. The van der Waals surface area contributed by atoms with E-state index >= 15 is 0 Å². The third kappa shape index (κ3) is 3.24. The van der Waals surface area contributed by atoms with Crippen LogP contribution in [0.1, 0.15) is 10.6 Å². The van der Waals surface area contributed by atoms with E-state index in [2.05, 4.69) is 5.32 Å². The molecule has 2 heterocycles. The average molecular weight is 300 g/mol. The van der Waals surface area contributed by atoms with E-state index in [-0.39, 0.29) is 6.54 Å². The molecular weight excluding hydrogens is 284 g/mol. The second kappa shape index (κ2) is 5.87. The molecule has 5 nitrogen and oxygen atoms in total. The number of hydrogen-bond donors (Lipinski definition) is 1. The van der Waals surface area contributed by atoms with Crippen LogP contribution in [0.5, 0.6) is 0 Å². The predicted octanol–water partition coefficient (Wildman–Crippen LogP) is 1.88. The highest BCUT2D eigenvalue weighted by Crippen LogP contribution is 2.23. The van der Waals surface area contributed by atoms with Crippen molar-refractivity contribution in [1.82, 2.24) is 9.62 Å². The first-order valence-electron chi connectivity index (χ1n) is 5.75. The summed E-state index contributed by atoms with van der Waals surface area (Å²) in [6.45, 7) is 0.897. The third-order valence-electron chi connectivity index (χ3n) is 2.65. The number of rotatable bonds is 6. The minimum Gasteiger partial charge on any atom is -0.468 e. The Balaban J connectivity index is 2.16. The summed E-state index contributed by atoms with van der Waals surface area (Å²) in [7, 11) is -0.0774. The normalized spacial score (nSPS) is 12.2. The molecule has 104 valence electrons. The lowest BCUT2D eigenvalue weighted by atomic mass is 10.4. The van der Waals surface area contributed by atoms with Gasteiger partial charge >= 0.3 is 0 Å². The molecule has 0 saturated carbocycles. The molecule has 0 radical (unpaired) electrons. The van der Waals surface area contributed by atoms with Crippen LogP contribution in [-0.2, 0) is 23.1 Å². The maximum Gasteiger partial charge on any atom is 0.244 e. The van der Waals surface area contributed by atoms with Gasteiger partial charge in [0.1, 0.15) is 5.76 Å². The van der Waals surface area contributed by atoms with E-state index in [9.17, 15) is 8.42 Å². The molecule has 2 rings (SSSR count). The minimum atomic E-state index is -3.46. The number of thiophene rings is 1. The molecule has 1 N–H and O–H groups in total. The number of nitrogens with zero attached hydrogens (tertiary/aromatic N) is 1. The number of furan rings is 1. The zero-order valence-corrected chi connectivity index (χ0v) is 12.4. The Kier molecular flexibility index (Phi) is 4.41. The van der Waals surface area contributed by atoms with Crippen molar-refractivity contribution in [3.05, 3.63) is 40.5 Å². The lowest BCUT2D eigenvalue weighted by Crippen LogP contribution is -2.25. The number of sulfonamides is 1. The second-order valence-electron chi connectivity index (χ2n) is 4.12. The van der Waals surface area contributed by atoms with Gasteiger partial charge in [-0.2, -0.15) is 4.31 Å². The summed E-state index contributed by atoms with van der Waals surface area (Å²) in [6.07, 6.45) is 1.53. The topological polar surface area (TPSA) is 62.6 Å². The molecule has 0 atom stereocenters. The van der Waals surface area contributed by atoms with Gasteiger partial charge in [0.05, 0.1) is 17.7 Å². The van der Waals surface area contributed by atoms with E-state index in [1.165, 1.54) is 21.9 Å². The van der Waals surface area contributed by atoms with Crippen LogP contribution in [0.2, 0.25) is 0 Å². The fourth-order valence-corrected chi connectivity index (χ4v) is 4.06. The molecule has 0 fully saturated rings. The zero-order valence-electron chi connectivity index (χ0n) is 10.8. The Morgan fingerprint density at radius 3 is 2.89 bits per heavy atom. The molecule has 0 spiro atoms. The highest BCUT2D eigenvalue weighted by Gasteiger charge is 2.23. The molecule has 2 aromatic heterocycles. The molecular formula is C12H16N2O3S2. The van der Waals surface area contributed by atoms with Gasteiger partial charge < -0.3 is 9.73 Å². The average Bonchev–Trinajstić information content (AvgIpc) is 3.00. The molecule has 2 aromatic rings. The van der Waals surface area contributed by atoms with Crippen LogP contribution >= 0.6 is 11.3 Å². The van der Waals surface area contributed by atoms with Crippen LogP contribution in [0.3, 0.4) is 0 Å². The Morgan fingerprint density at radius 1 is 1.47 bits per heavy atom. The summed E-state index contributed by atoms with van der Waals surface area (Å²) in [5, 5.41) is 4.67. The SMILES string of the molecule is CNCc1cc(S(=O)(=O)N(C)Cc2ccco2)cs1. The van der Waals surface area contributed by atoms with Gasteiger partial charge in [-0.05, 0) is 25.2 Å². The fraction of sp³-hybridized carbons (Fsp3) is 0.333. The Labute approximate surface area is 116 Å². The largest absolute Gasteiger partial charge is 0.468 e. The van der Waals surface area contributed by atoms with Gasteiger partial charge in [-0.15, -0.1) is 11.3 Å². The van der Waals surface area contributed by atoms with Gasteiger partial charge in [0.15, 0.2) is 0 Å². The molecule has 0 aliphatic heterocycles. The van der Waals surface area contributed by atoms with Crippen molar-refractivity contribution in [3.63, 3.8) is 0 Å². The molecule has 0 aliphatic carbocycles. The van der Waals surface area contributed by atoms with Gasteiger partial charge in [-0.3, -0.25) is 0 Å². The third-order valence-corrected chi connectivity index (χ3v) is 5.51. The quantitative estimate of drug-likeness (QED) is 0.885. The van der Waals surface area contributed by atoms with E-state index in [1.807, 2.05) is 7.05 Å². The van der Waals surface area contributed by atoms with Crippen molar-refractivity contribution in [2.75, 3.05) is 14.1 Å². The van der Waals surface area contributed by atoms with Gasteiger partial charge in [-0.25, -0.2) is 8.42 Å². The van der Waals surface area contributed by atoms with Crippen LogP contribution in [0.15, 0.2) is 39.2 Å².